The molecule has 3 aromatic rings. The summed E-state index contributed by atoms with van der Waals surface area (Å²) in [6.45, 7) is 1.73. The first-order valence-electron chi connectivity index (χ1n) is 8.46. The fourth-order valence-electron chi connectivity index (χ4n) is 2.68. The Balaban J connectivity index is 1.97. The van der Waals surface area contributed by atoms with E-state index in [0.29, 0.717) is 0 Å². The molecule has 0 aliphatic rings. The van der Waals surface area contributed by atoms with Crippen molar-refractivity contribution in [3.63, 3.8) is 0 Å². The Kier molecular flexibility index (Phi) is 5.65. The van der Waals surface area contributed by atoms with Crippen molar-refractivity contribution in [3.05, 3.63) is 108 Å². The van der Waals surface area contributed by atoms with Gasteiger partial charge in [0.25, 0.3) is 0 Å². The lowest BCUT2D eigenvalue weighted by Gasteiger charge is -2.21. The van der Waals surface area contributed by atoms with Crippen molar-refractivity contribution in [2.45, 2.75) is 19.1 Å². The highest BCUT2D eigenvalue weighted by Crippen LogP contribution is 2.31. The molecule has 126 valence electrons. The van der Waals surface area contributed by atoms with E-state index in [1.807, 2.05) is 66.7 Å². The lowest BCUT2D eigenvalue weighted by atomic mass is 10.0. The Hall–Kier alpha value is -2.84. The van der Waals surface area contributed by atoms with Gasteiger partial charge in [0, 0.05) is 5.56 Å². The van der Waals surface area contributed by atoms with E-state index in [4.69, 9.17) is 4.74 Å². The third-order valence-electron chi connectivity index (χ3n) is 3.92. The lowest BCUT2D eigenvalue weighted by molar-refractivity contribution is 0.244. The molecule has 0 spiro atoms. The molecule has 2 nitrogen and oxygen atoms in total. The summed E-state index contributed by atoms with van der Waals surface area (Å²) in [5.74, 6) is 0.789. The average molecular weight is 330 g/mol. The first-order chi connectivity index (χ1) is 12.2. The van der Waals surface area contributed by atoms with Crippen LogP contribution in [0.15, 0.2) is 91.0 Å². The van der Waals surface area contributed by atoms with E-state index in [1.54, 1.807) is 13.0 Å². The predicted octanol–water partition coefficient (Wildman–Crippen LogP) is 5.25. The minimum Gasteiger partial charge on any atom is -0.480 e. The SMILES string of the molecule is CC(O)/C=C/c1ccccc1OC(c1ccccc1)c1ccccc1. The molecular formula is C23H22O2. The second kappa shape index (κ2) is 8.32. The number of hydrogen-bond acceptors (Lipinski definition) is 2. The summed E-state index contributed by atoms with van der Waals surface area (Å²) < 4.78 is 6.42. The summed E-state index contributed by atoms with van der Waals surface area (Å²) in [7, 11) is 0. The van der Waals surface area contributed by atoms with E-state index in [-0.39, 0.29) is 6.10 Å². The van der Waals surface area contributed by atoms with Crippen LogP contribution in [0.3, 0.4) is 0 Å². The molecule has 0 aliphatic carbocycles. The maximum atomic E-state index is 9.51. The van der Waals surface area contributed by atoms with Crippen LogP contribution < -0.4 is 4.74 Å². The zero-order valence-corrected chi connectivity index (χ0v) is 14.2. The van der Waals surface area contributed by atoms with Gasteiger partial charge in [0.15, 0.2) is 0 Å². The molecule has 0 bridgehead atoms. The number of aliphatic hydroxyl groups is 1. The molecule has 0 aromatic heterocycles. The van der Waals surface area contributed by atoms with Gasteiger partial charge in [-0.25, -0.2) is 0 Å². The Morgan fingerprint density at radius 3 is 1.84 bits per heavy atom. The summed E-state index contributed by atoms with van der Waals surface area (Å²) in [6.07, 6.45) is 2.96. The third kappa shape index (κ3) is 4.59. The fourth-order valence-corrected chi connectivity index (χ4v) is 2.68. The van der Waals surface area contributed by atoms with Crippen molar-refractivity contribution in [2.75, 3.05) is 0 Å². The van der Waals surface area contributed by atoms with E-state index in [9.17, 15) is 5.11 Å². The van der Waals surface area contributed by atoms with Gasteiger partial charge < -0.3 is 9.84 Å². The van der Waals surface area contributed by atoms with Crippen LogP contribution in [0, 0.1) is 0 Å². The highest BCUT2D eigenvalue weighted by atomic mass is 16.5. The largest absolute Gasteiger partial charge is 0.480 e. The Morgan fingerprint density at radius 2 is 1.28 bits per heavy atom. The van der Waals surface area contributed by atoms with E-state index in [1.165, 1.54) is 0 Å². The molecule has 0 saturated carbocycles. The molecule has 3 rings (SSSR count). The van der Waals surface area contributed by atoms with Crippen molar-refractivity contribution < 1.29 is 9.84 Å². The van der Waals surface area contributed by atoms with Gasteiger partial charge in [-0.05, 0) is 24.1 Å². The van der Waals surface area contributed by atoms with E-state index in [2.05, 4.69) is 24.3 Å². The zero-order chi connectivity index (χ0) is 17.5. The summed E-state index contributed by atoms with van der Waals surface area (Å²) in [5, 5.41) is 9.51. The first kappa shape index (κ1) is 17.0. The molecule has 0 saturated heterocycles. The molecule has 1 atom stereocenters. The summed E-state index contributed by atoms with van der Waals surface area (Å²) in [6, 6.07) is 28.3. The third-order valence-corrected chi connectivity index (χ3v) is 3.92. The fraction of sp³-hybridized carbons (Fsp3) is 0.130. The summed E-state index contributed by atoms with van der Waals surface area (Å²) in [4.78, 5) is 0. The van der Waals surface area contributed by atoms with E-state index < -0.39 is 6.10 Å². The van der Waals surface area contributed by atoms with Gasteiger partial charge in [-0.15, -0.1) is 0 Å². The van der Waals surface area contributed by atoms with Crippen molar-refractivity contribution in [2.24, 2.45) is 0 Å². The molecule has 0 aliphatic heterocycles. The molecule has 0 fully saturated rings. The van der Waals surface area contributed by atoms with Crippen molar-refractivity contribution in [3.8, 4) is 5.75 Å². The zero-order valence-electron chi connectivity index (χ0n) is 14.2. The van der Waals surface area contributed by atoms with E-state index in [0.717, 1.165) is 22.4 Å². The van der Waals surface area contributed by atoms with Gasteiger partial charge in [-0.3, -0.25) is 0 Å². The predicted molar refractivity (Wildman–Crippen MR) is 103 cm³/mol. The number of benzene rings is 3. The van der Waals surface area contributed by atoms with E-state index >= 15 is 0 Å². The Labute approximate surface area is 149 Å². The quantitative estimate of drug-likeness (QED) is 0.669. The second-order valence-corrected chi connectivity index (χ2v) is 5.96. The minimum absolute atomic E-state index is 0.191. The molecule has 1 N–H and O–H groups in total. The van der Waals surface area contributed by atoms with Crippen molar-refractivity contribution in [1.82, 2.24) is 0 Å². The number of para-hydroxylation sites is 1. The van der Waals surface area contributed by atoms with Crippen molar-refractivity contribution >= 4 is 6.08 Å². The smallest absolute Gasteiger partial charge is 0.149 e. The molecule has 2 heteroatoms. The number of hydrogen-bond donors (Lipinski definition) is 1. The summed E-state index contributed by atoms with van der Waals surface area (Å²) in [5.41, 5.74) is 3.14. The van der Waals surface area contributed by atoms with Crippen LogP contribution in [0.1, 0.15) is 29.7 Å². The van der Waals surface area contributed by atoms with Gasteiger partial charge in [0.2, 0.25) is 0 Å². The number of ether oxygens (including phenoxy) is 1. The maximum absolute atomic E-state index is 9.51. The van der Waals surface area contributed by atoms with Gasteiger partial charge in [-0.1, -0.05) is 91.0 Å². The molecule has 0 radical (unpaired) electrons. The molecule has 0 amide bonds. The molecule has 1 unspecified atom stereocenters. The normalized spacial score (nSPS) is 12.4. The van der Waals surface area contributed by atoms with Crippen LogP contribution >= 0.6 is 0 Å². The van der Waals surface area contributed by atoms with Gasteiger partial charge in [0.05, 0.1) is 6.10 Å². The van der Waals surface area contributed by atoms with Crippen LogP contribution in [0.5, 0.6) is 5.75 Å². The average Bonchev–Trinajstić information content (AvgIpc) is 2.66. The van der Waals surface area contributed by atoms with Gasteiger partial charge >= 0.3 is 0 Å². The van der Waals surface area contributed by atoms with Crippen LogP contribution in [0.2, 0.25) is 0 Å². The Morgan fingerprint density at radius 1 is 0.760 bits per heavy atom. The minimum atomic E-state index is -0.493. The first-order valence-corrected chi connectivity index (χ1v) is 8.46. The standard InChI is InChI=1S/C23H22O2/c1-18(24)16-17-19-10-8-9-15-22(19)25-23(20-11-4-2-5-12-20)21-13-6-3-7-14-21/h2-18,23-24H,1H3/b17-16+. The monoisotopic (exact) mass is 330 g/mol. The molecule has 25 heavy (non-hydrogen) atoms. The molecule has 3 aromatic carbocycles. The van der Waals surface area contributed by atoms with Gasteiger partial charge in [-0.2, -0.15) is 0 Å². The Bertz CT molecular complexity index is 768. The maximum Gasteiger partial charge on any atom is 0.149 e. The van der Waals surface area contributed by atoms with Crippen LogP contribution in [0.25, 0.3) is 6.08 Å². The lowest BCUT2D eigenvalue weighted by Crippen LogP contribution is -2.10. The van der Waals surface area contributed by atoms with Crippen LogP contribution in [-0.4, -0.2) is 11.2 Å². The van der Waals surface area contributed by atoms with Crippen molar-refractivity contribution in [1.29, 1.82) is 0 Å². The highest BCUT2D eigenvalue weighted by molar-refractivity contribution is 5.57. The van der Waals surface area contributed by atoms with Crippen LogP contribution in [0.4, 0.5) is 0 Å². The van der Waals surface area contributed by atoms with Gasteiger partial charge in [0.1, 0.15) is 11.9 Å². The summed E-state index contributed by atoms with van der Waals surface area (Å²) >= 11 is 0. The molecule has 0 heterocycles. The molecular weight excluding hydrogens is 308 g/mol. The highest BCUT2D eigenvalue weighted by Gasteiger charge is 2.16. The van der Waals surface area contributed by atoms with Crippen LogP contribution in [-0.2, 0) is 0 Å². The number of aliphatic hydroxyl groups excluding tert-OH is 1. The topological polar surface area (TPSA) is 29.5 Å². The number of rotatable bonds is 6. The second-order valence-electron chi connectivity index (χ2n) is 5.96.